The van der Waals surface area contributed by atoms with Crippen molar-refractivity contribution < 1.29 is 4.74 Å². The van der Waals surface area contributed by atoms with E-state index in [-0.39, 0.29) is 6.23 Å². The van der Waals surface area contributed by atoms with Crippen LogP contribution in [-0.2, 0) is 4.74 Å². The summed E-state index contributed by atoms with van der Waals surface area (Å²) in [7, 11) is 0. The third-order valence-electron chi connectivity index (χ3n) is 4.31. The summed E-state index contributed by atoms with van der Waals surface area (Å²) in [5.74, 6) is 0. The van der Waals surface area contributed by atoms with Gasteiger partial charge in [-0.15, -0.1) is 0 Å². The van der Waals surface area contributed by atoms with Gasteiger partial charge in [0.1, 0.15) is 0 Å². The molecule has 3 heteroatoms. The van der Waals surface area contributed by atoms with Gasteiger partial charge in [-0.05, 0) is 37.3 Å². The lowest BCUT2D eigenvalue weighted by Crippen LogP contribution is -2.22. The van der Waals surface area contributed by atoms with Gasteiger partial charge in [0.2, 0.25) is 0 Å². The number of aryl methyl sites for hydroxylation is 1. The number of benzene rings is 2. The van der Waals surface area contributed by atoms with E-state index in [1.165, 1.54) is 22.5 Å². The van der Waals surface area contributed by atoms with Crippen LogP contribution in [-0.4, -0.2) is 17.7 Å². The van der Waals surface area contributed by atoms with Crippen LogP contribution in [0.4, 0.5) is 5.69 Å². The minimum atomic E-state index is -0.0114. The molecule has 3 nitrogen and oxygen atoms in total. The molecule has 3 aromatic rings. The summed E-state index contributed by atoms with van der Waals surface area (Å²) in [4.78, 5) is 2.32. The molecule has 1 fully saturated rings. The highest BCUT2D eigenvalue weighted by molar-refractivity contribution is 5.50. The first-order chi connectivity index (χ1) is 11.3. The van der Waals surface area contributed by atoms with Crippen LogP contribution in [0.15, 0.2) is 73.1 Å². The predicted molar refractivity (Wildman–Crippen MR) is 93.0 cm³/mol. The van der Waals surface area contributed by atoms with Crippen LogP contribution in [0.5, 0.6) is 0 Å². The summed E-state index contributed by atoms with van der Waals surface area (Å²) >= 11 is 0. The van der Waals surface area contributed by atoms with Crippen molar-refractivity contribution in [3.05, 3.63) is 84.2 Å². The average molecular weight is 304 g/mol. The Hall–Kier alpha value is -2.52. The quantitative estimate of drug-likeness (QED) is 0.717. The molecule has 0 spiro atoms. The predicted octanol–water partition coefficient (Wildman–Crippen LogP) is 4.32. The van der Waals surface area contributed by atoms with Crippen molar-refractivity contribution in [3.8, 4) is 5.69 Å². The van der Waals surface area contributed by atoms with Crippen molar-refractivity contribution in [3.63, 3.8) is 0 Å². The number of ether oxygens (including phenoxy) is 1. The van der Waals surface area contributed by atoms with Gasteiger partial charge < -0.3 is 14.2 Å². The van der Waals surface area contributed by atoms with Crippen molar-refractivity contribution >= 4 is 5.69 Å². The average Bonchev–Trinajstić information content (AvgIpc) is 3.25. The number of hydrogen-bond acceptors (Lipinski definition) is 2. The lowest BCUT2D eigenvalue weighted by molar-refractivity contribution is 0.114. The minimum Gasteiger partial charge on any atom is -0.352 e. The number of rotatable bonds is 3. The third kappa shape index (κ3) is 2.76. The summed E-state index contributed by atoms with van der Waals surface area (Å²) < 4.78 is 8.14. The topological polar surface area (TPSA) is 17.4 Å². The maximum Gasteiger partial charge on any atom is 0.158 e. The van der Waals surface area contributed by atoms with E-state index in [9.17, 15) is 0 Å². The normalized spacial score (nSPS) is 17.6. The van der Waals surface area contributed by atoms with Gasteiger partial charge in [0.15, 0.2) is 6.23 Å². The molecule has 1 saturated heterocycles. The molecular weight excluding hydrogens is 284 g/mol. The van der Waals surface area contributed by atoms with Crippen LogP contribution in [0.25, 0.3) is 5.69 Å². The maximum absolute atomic E-state index is 6.00. The van der Waals surface area contributed by atoms with Crippen LogP contribution in [0.2, 0.25) is 0 Å². The van der Waals surface area contributed by atoms with Gasteiger partial charge in [0.25, 0.3) is 0 Å². The first-order valence-corrected chi connectivity index (χ1v) is 7.99. The van der Waals surface area contributed by atoms with Gasteiger partial charge in [-0.3, -0.25) is 0 Å². The smallest absolute Gasteiger partial charge is 0.158 e. The molecule has 0 unspecified atom stereocenters. The van der Waals surface area contributed by atoms with E-state index >= 15 is 0 Å². The standard InChI is InChI=1S/C20H20N2O/c1-16-7-9-19(10-8-16)22-13-14-23-20(22)17-11-12-21(15-17)18-5-3-2-4-6-18/h2-12,15,20H,13-14H2,1H3/t20-/m1/s1. The summed E-state index contributed by atoms with van der Waals surface area (Å²) in [5, 5.41) is 0. The Bertz CT molecular complexity index is 777. The highest BCUT2D eigenvalue weighted by Gasteiger charge is 2.27. The van der Waals surface area contributed by atoms with Gasteiger partial charge >= 0.3 is 0 Å². The lowest BCUT2D eigenvalue weighted by atomic mass is 10.2. The summed E-state index contributed by atoms with van der Waals surface area (Å²) in [5.41, 5.74) is 4.84. The van der Waals surface area contributed by atoms with E-state index in [4.69, 9.17) is 4.74 Å². The van der Waals surface area contributed by atoms with Crippen LogP contribution >= 0.6 is 0 Å². The van der Waals surface area contributed by atoms with E-state index in [0.29, 0.717) is 0 Å². The summed E-state index contributed by atoms with van der Waals surface area (Å²) in [6.07, 6.45) is 4.24. The van der Waals surface area contributed by atoms with Crippen molar-refractivity contribution in [1.29, 1.82) is 0 Å². The van der Waals surface area contributed by atoms with Gasteiger partial charge in [-0.1, -0.05) is 35.9 Å². The molecule has 1 aliphatic heterocycles. The highest BCUT2D eigenvalue weighted by atomic mass is 16.5. The Balaban J connectivity index is 1.62. The molecule has 1 aromatic heterocycles. The molecule has 23 heavy (non-hydrogen) atoms. The molecule has 2 aromatic carbocycles. The van der Waals surface area contributed by atoms with E-state index in [2.05, 4.69) is 83.4 Å². The molecule has 0 bridgehead atoms. The second-order valence-electron chi connectivity index (χ2n) is 5.94. The zero-order valence-corrected chi connectivity index (χ0v) is 13.2. The zero-order valence-electron chi connectivity index (χ0n) is 13.2. The maximum atomic E-state index is 6.00. The molecule has 4 rings (SSSR count). The number of nitrogens with zero attached hydrogens (tertiary/aromatic N) is 2. The fourth-order valence-corrected chi connectivity index (χ4v) is 3.07. The fourth-order valence-electron chi connectivity index (χ4n) is 3.07. The second kappa shape index (κ2) is 5.94. The van der Waals surface area contributed by atoms with Crippen molar-refractivity contribution in [2.24, 2.45) is 0 Å². The summed E-state index contributed by atoms with van der Waals surface area (Å²) in [6.45, 7) is 3.79. The number of para-hydroxylation sites is 1. The van der Waals surface area contributed by atoms with E-state index in [1.807, 2.05) is 6.07 Å². The first-order valence-electron chi connectivity index (χ1n) is 7.99. The minimum absolute atomic E-state index is 0.0114. The Labute approximate surface area is 136 Å². The van der Waals surface area contributed by atoms with Crippen molar-refractivity contribution in [2.75, 3.05) is 18.1 Å². The van der Waals surface area contributed by atoms with Crippen LogP contribution in [0.3, 0.4) is 0 Å². The molecular formula is C20H20N2O. The Morgan fingerprint density at radius 3 is 2.48 bits per heavy atom. The van der Waals surface area contributed by atoms with E-state index in [0.717, 1.165) is 13.2 Å². The number of hydrogen-bond donors (Lipinski definition) is 0. The summed E-state index contributed by atoms with van der Waals surface area (Å²) in [6, 6.07) is 21.2. The van der Waals surface area contributed by atoms with E-state index in [1.54, 1.807) is 0 Å². The monoisotopic (exact) mass is 304 g/mol. The Kier molecular flexibility index (Phi) is 3.64. The fraction of sp³-hybridized carbons (Fsp3) is 0.200. The highest BCUT2D eigenvalue weighted by Crippen LogP contribution is 2.32. The molecule has 0 amide bonds. The Morgan fingerprint density at radius 2 is 1.70 bits per heavy atom. The SMILES string of the molecule is Cc1ccc(N2CCO[C@@H]2c2ccn(-c3ccccc3)c2)cc1. The van der Waals surface area contributed by atoms with Gasteiger partial charge in [0.05, 0.1) is 6.61 Å². The van der Waals surface area contributed by atoms with Gasteiger partial charge in [-0.2, -0.15) is 0 Å². The molecule has 0 radical (unpaired) electrons. The molecule has 0 saturated carbocycles. The molecule has 116 valence electrons. The second-order valence-corrected chi connectivity index (χ2v) is 5.94. The lowest BCUT2D eigenvalue weighted by Gasteiger charge is -2.24. The molecule has 1 aliphatic rings. The first kappa shape index (κ1) is 14.1. The molecule has 1 atom stereocenters. The molecule has 2 heterocycles. The third-order valence-corrected chi connectivity index (χ3v) is 4.31. The number of anilines is 1. The Morgan fingerprint density at radius 1 is 0.913 bits per heavy atom. The van der Waals surface area contributed by atoms with Gasteiger partial charge in [0, 0.05) is 35.9 Å². The molecule has 0 aliphatic carbocycles. The largest absolute Gasteiger partial charge is 0.352 e. The van der Waals surface area contributed by atoms with E-state index < -0.39 is 0 Å². The van der Waals surface area contributed by atoms with Gasteiger partial charge in [-0.25, -0.2) is 0 Å². The van der Waals surface area contributed by atoms with Crippen molar-refractivity contribution in [1.82, 2.24) is 4.57 Å². The number of aromatic nitrogens is 1. The van der Waals surface area contributed by atoms with Crippen LogP contribution in [0.1, 0.15) is 17.4 Å². The van der Waals surface area contributed by atoms with Crippen LogP contribution < -0.4 is 4.90 Å². The zero-order chi connectivity index (χ0) is 15.6. The van der Waals surface area contributed by atoms with Crippen molar-refractivity contribution in [2.45, 2.75) is 13.2 Å². The van der Waals surface area contributed by atoms with Crippen LogP contribution in [0, 0.1) is 6.92 Å². The molecule has 0 N–H and O–H groups in total.